The third-order valence-corrected chi connectivity index (χ3v) is 7.07. The maximum absolute atomic E-state index is 12.9. The van der Waals surface area contributed by atoms with Gasteiger partial charge in [-0.15, -0.1) is 0 Å². The molecule has 0 bridgehead atoms. The van der Waals surface area contributed by atoms with Crippen LogP contribution in [0.1, 0.15) is 17.7 Å². The number of hydrogen-bond acceptors (Lipinski definition) is 4. The lowest BCUT2D eigenvalue weighted by Gasteiger charge is -2.22. The van der Waals surface area contributed by atoms with Crippen LogP contribution in [0.15, 0.2) is 64.5 Å². The average molecular weight is 381 g/mol. The number of aliphatic imine (C=N–C) groups is 1. The summed E-state index contributed by atoms with van der Waals surface area (Å²) in [4.78, 5) is 4.62. The summed E-state index contributed by atoms with van der Waals surface area (Å²) in [6.07, 6.45) is 0. The van der Waals surface area contributed by atoms with E-state index in [0.29, 0.717) is 23.3 Å². The van der Waals surface area contributed by atoms with Gasteiger partial charge in [-0.25, -0.2) is 12.7 Å². The zero-order valence-corrected chi connectivity index (χ0v) is 15.5. The highest BCUT2D eigenvalue weighted by atomic mass is 35.5. The maximum Gasteiger partial charge on any atom is 0.265 e. The molecular formula is C17H17ClN2O2S2. The standard InChI is InChI=1S/C17H17ClN2O2S2/c1-13(14-5-3-2-4-6-14)23-17-19-11-12-20(17)24(21,22)16-9-7-15(18)8-10-16/h2-10,13H,11-12H2,1H3/t13-/m1/s1. The van der Waals surface area contributed by atoms with Crippen molar-refractivity contribution in [2.24, 2.45) is 4.99 Å². The molecule has 126 valence electrons. The van der Waals surface area contributed by atoms with Crippen molar-refractivity contribution in [2.75, 3.05) is 13.1 Å². The molecule has 0 saturated heterocycles. The van der Waals surface area contributed by atoms with Crippen LogP contribution >= 0.6 is 23.4 Å². The van der Waals surface area contributed by atoms with E-state index in [0.717, 1.165) is 5.56 Å². The van der Waals surface area contributed by atoms with E-state index in [4.69, 9.17) is 11.6 Å². The highest BCUT2D eigenvalue weighted by molar-refractivity contribution is 8.15. The molecule has 1 aliphatic rings. The first-order chi connectivity index (χ1) is 11.5. The molecule has 0 aromatic heterocycles. The lowest BCUT2D eigenvalue weighted by molar-refractivity contribution is 0.540. The molecular weight excluding hydrogens is 364 g/mol. The summed E-state index contributed by atoms with van der Waals surface area (Å²) in [6, 6.07) is 16.2. The number of nitrogens with zero attached hydrogens (tertiary/aromatic N) is 2. The number of rotatable bonds is 4. The Kier molecular flexibility index (Phi) is 5.18. The first-order valence-electron chi connectivity index (χ1n) is 7.53. The Hall–Kier alpha value is -1.50. The summed E-state index contributed by atoms with van der Waals surface area (Å²) in [7, 11) is -3.61. The van der Waals surface area contributed by atoms with E-state index < -0.39 is 10.0 Å². The van der Waals surface area contributed by atoms with Gasteiger partial charge in [-0.05, 0) is 36.8 Å². The van der Waals surface area contributed by atoms with Crippen molar-refractivity contribution in [3.63, 3.8) is 0 Å². The van der Waals surface area contributed by atoms with Crippen molar-refractivity contribution in [2.45, 2.75) is 17.1 Å². The zero-order valence-electron chi connectivity index (χ0n) is 13.1. The topological polar surface area (TPSA) is 49.7 Å². The van der Waals surface area contributed by atoms with Crippen LogP contribution in [0, 0.1) is 0 Å². The second-order valence-electron chi connectivity index (χ2n) is 5.37. The number of amidine groups is 1. The minimum absolute atomic E-state index is 0.117. The van der Waals surface area contributed by atoms with Crippen molar-refractivity contribution in [1.82, 2.24) is 4.31 Å². The summed E-state index contributed by atoms with van der Waals surface area (Å²) < 4.78 is 27.1. The first-order valence-corrected chi connectivity index (χ1v) is 10.2. The molecule has 7 heteroatoms. The SMILES string of the molecule is C[C@@H](SC1=NCCN1S(=O)(=O)c1ccc(Cl)cc1)c1ccccc1. The fourth-order valence-electron chi connectivity index (χ4n) is 2.41. The van der Waals surface area contributed by atoms with Gasteiger partial charge < -0.3 is 0 Å². The summed E-state index contributed by atoms with van der Waals surface area (Å²) in [5.41, 5.74) is 1.14. The van der Waals surface area contributed by atoms with Gasteiger partial charge >= 0.3 is 0 Å². The largest absolute Gasteiger partial charge is 0.265 e. The maximum atomic E-state index is 12.9. The van der Waals surface area contributed by atoms with Gasteiger partial charge in [-0.3, -0.25) is 4.99 Å². The van der Waals surface area contributed by atoms with Crippen molar-refractivity contribution >= 4 is 38.6 Å². The van der Waals surface area contributed by atoms with Gasteiger partial charge in [0.2, 0.25) is 0 Å². The predicted octanol–water partition coefficient (Wildman–Crippen LogP) is 4.19. The molecule has 2 aromatic rings. The Morgan fingerprint density at radius 3 is 2.46 bits per heavy atom. The number of hydrogen-bond donors (Lipinski definition) is 0. The molecule has 0 aliphatic carbocycles. The number of sulfonamides is 1. The molecule has 0 amide bonds. The Morgan fingerprint density at radius 1 is 1.12 bits per heavy atom. The summed E-state index contributed by atoms with van der Waals surface area (Å²) in [5.74, 6) is 0. The first kappa shape index (κ1) is 17.3. The summed E-state index contributed by atoms with van der Waals surface area (Å²) >= 11 is 7.31. The van der Waals surface area contributed by atoms with Gasteiger partial charge in [0.1, 0.15) is 0 Å². The molecule has 3 rings (SSSR count). The highest BCUT2D eigenvalue weighted by Crippen LogP contribution is 2.33. The van der Waals surface area contributed by atoms with Gasteiger partial charge in [-0.2, -0.15) is 0 Å². The molecule has 0 spiro atoms. The third-order valence-electron chi connectivity index (χ3n) is 3.72. The molecule has 0 fully saturated rings. The molecule has 4 nitrogen and oxygen atoms in total. The molecule has 0 saturated carbocycles. The van der Waals surface area contributed by atoms with E-state index in [1.165, 1.54) is 28.2 Å². The number of benzene rings is 2. The molecule has 24 heavy (non-hydrogen) atoms. The van der Waals surface area contributed by atoms with Gasteiger partial charge in [0, 0.05) is 10.3 Å². The van der Waals surface area contributed by atoms with Crippen LogP contribution in [-0.4, -0.2) is 31.0 Å². The summed E-state index contributed by atoms with van der Waals surface area (Å²) in [5, 5.41) is 1.17. The van der Waals surface area contributed by atoms with Crippen molar-refractivity contribution in [1.29, 1.82) is 0 Å². The third kappa shape index (κ3) is 3.61. The lowest BCUT2D eigenvalue weighted by Crippen LogP contribution is -2.33. The Morgan fingerprint density at radius 2 is 1.79 bits per heavy atom. The van der Waals surface area contributed by atoms with E-state index in [9.17, 15) is 8.42 Å². The Balaban J connectivity index is 1.81. The monoisotopic (exact) mass is 380 g/mol. The predicted molar refractivity (Wildman–Crippen MR) is 100 cm³/mol. The summed E-state index contributed by atoms with van der Waals surface area (Å²) in [6.45, 7) is 2.90. The Bertz CT molecular complexity index is 837. The van der Waals surface area contributed by atoms with Crippen molar-refractivity contribution in [3.8, 4) is 0 Å². The fraction of sp³-hybridized carbons (Fsp3) is 0.235. The molecule has 0 radical (unpaired) electrons. The van der Waals surface area contributed by atoms with Crippen LogP contribution in [0.2, 0.25) is 5.02 Å². The molecule has 2 aromatic carbocycles. The minimum atomic E-state index is -3.61. The van der Waals surface area contributed by atoms with E-state index in [-0.39, 0.29) is 10.1 Å². The van der Waals surface area contributed by atoms with Crippen LogP contribution in [0.25, 0.3) is 0 Å². The lowest BCUT2D eigenvalue weighted by atomic mass is 10.2. The highest BCUT2D eigenvalue weighted by Gasteiger charge is 2.32. The quantitative estimate of drug-likeness (QED) is 0.798. The second kappa shape index (κ2) is 7.17. The van der Waals surface area contributed by atoms with Crippen molar-refractivity contribution < 1.29 is 8.42 Å². The normalized spacial score (nSPS) is 16.1. The second-order valence-corrected chi connectivity index (χ2v) is 8.97. The van der Waals surface area contributed by atoms with Crippen LogP contribution in [0.3, 0.4) is 0 Å². The van der Waals surface area contributed by atoms with E-state index >= 15 is 0 Å². The van der Waals surface area contributed by atoms with Gasteiger partial charge in [0.05, 0.1) is 18.0 Å². The molecule has 1 heterocycles. The Labute approximate surface area is 151 Å². The van der Waals surface area contributed by atoms with Crippen molar-refractivity contribution in [3.05, 3.63) is 65.2 Å². The molecule has 0 N–H and O–H groups in total. The molecule has 1 aliphatic heterocycles. The van der Waals surface area contributed by atoms with Crippen LogP contribution in [-0.2, 0) is 10.0 Å². The molecule has 1 atom stereocenters. The minimum Gasteiger partial charge on any atom is -0.260 e. The number of halogens is 1. The smallest absolute Gasteiger partial charge is 0.260 e. The fourth-order valence-corrected chi connectivity index (χ4v) is 5.27. The van der Waals surface area contributed by atoms with E-state index in [2.05, 4.69) is 4.99 Å². The van der Waals surface area contributed by atoms with Crippen LogP contribution < -0.4 is 0 Å². The number of thioether (sulfide) groups is 1. The zero-order chi connectivity index (χ0) is 17.2. The van der Waals surface area contributed by atoms with Gasteiger partial charge in [0.25, 0.3) is 10.0 Å². The van der Waals surface area contributed by atoms with Crippen LogP contribution in [0.5, 0.6) is 0 Å². The van der Waals surface area contributed by atoms with Crippen LogP contribution in [0.4, 0.5) is 0 Å². The van der Waals surface area contributed by atoms with Gasteiger partial charge in [0.15, 0.2) is 5.17 Å². The van der Waals surface area contributed by atoms with E-state index in [1.54, 1.807) is 12.1 Å². The van der Waals surface area contributed by atoms with E-state index in [1.807, 2.05) is 37.3 Å². The van der Waals surface area contributed by atoms with Gasteiger partial charge in [-0.1, -0.05) is 53.7 Å². The average Bonchev–Trinajstić information content (AvgIpc) is 3.05. The molecule has 0 unspecified atom stereocenters.